The first-order chi connectivity index (χ1) is 17.9. The Balaban J connectivity index is 1.42. The molecule has 4 aromatic rings. The highest BCUT2D eigenvalue weighted by Gasteiger charge is 2.29. The van der Waals surface area contributed by atoms with Gasteiger partial charge in [0.25, 0.3) is 5.91 Å². The molecule has 2 heterocycles. The molecule has 0 saturated carbocycles. The van der Waals surface area contributed by atoms with Crippen LogP contribution in [0.25, 0.3) is 10.9 Å². The van der Waals surface area contributed by atoms with E-state index in [4.69, 9.17) is 9.72 Å². The molecule has 0 radical (unpaired) electrons. The van der Waals surface area contributed by atoms with Crippen molar-refractivity contribution in [3.8, 4) is 0 Å². The number of para-hydroxylation sites is 2. The first-order valence-electron chi connectivity index (χ1n) is 12.7. The number of hydrogen-bond acceptors (Lipinski definition) is 5. The number of nitrogens with zero attached hydrogens (tertiary/aromatic N) is 2. The van der Waals surface area contributed by atoms with E-state index in [1.807, 2.05) is 74.5 Å². The van der Waals surface area contributed by atoms with Gasteiger partial charge < -0.3 is 10.1 Å². The molecule has 37 heavy (non-hydrogen) atoms. The van der Waals surface area contributed by atoms with Gasteiger partial charge in [0, 0.05) is 48.4 Å². The molecule has 3 aromatic carbocycles. The Kier molecular flexibility index (Phi) is 7.01. The Hall–Kier alpha value is -4.03. The van der Waals surface area contributed by atoms with Gasteiger partial charge in [-0.05, 0) is 43.5 Å². The number of esters is 1. The van der Waals surface area contributed by atoms with Gasteiger partial charge in [-0.2, -0.15) is 0 Å². The minimum atomic E-state index is -0.960. The summed E-state index contributed by atoms with van der Waals surface area (Å²) in [6.07, 6.45) is -0.214. The molecule has 0 spiro atoms. The van der Waals surface area contributed by atoms with E-state index in [1.54, 1.807) is 6.92 Å². The zero-order valence-corrected chi connectivity index (χ0v) is 21.5. The second-order valence-corrected chi connectivity index (χ2v) is 9.68. The number of pyridine rings is 1. The number of carbonyl (C=O) groups excluding carboxylic acids is 2. The van der Waals surface area contributed by atoms with Gasteiger partial charge >= 0.3 is 5.97 Å². The standard InChI is InChI=1S/C31H31N3O3/c1-20-10-9-11-21(2)29(20)33-30(35)22(3)37-31(36)28-24-14-7-8-15-26(24)32-27-16-17-34(19-25(27)28)18-23-12-5-4-6-13-23/h4-15,22H,16-19H2,1-3H3,(H,33,35). The first kappa shape index (κ1) is 24.7. The SMILES string of the molecule is Cc1cccc(C)c1NC(=O)C(C)OC(=O)c1c2c(nc3ccccc13)CCN(Cc1ccccc1)C2. The van der Waals surface area contributed by atoms with Crippen molar-refractivity contribution in [2.24, 2.45) is 0 Å². The Morgan fingerprint density at radius 2 is 1.68 bits per heavy atom. The highest BCUT2D eigenvalue weighted by molar-refractivity contribution is 6.06. The molecular weight excluding hydrogens is 462 g/mol. The Morgan fingerprint density at radius 1 is 0.973 bits per heavy atom. The molecular formula is C31H31N3O3. The topological polar surface area (TPSA) is 71.5 Å². The van der Waals surface area contributed by atoms with Crippen LogP contribution in [0.2, 0.25) is 0 Å². The molecule has 0 fully saturated rings. The predicted octanol–water partition coefficient (Wildman–Crippen LogP) is 5.59. The maximum absolute atomic E-state index is 13.6. The van der Waals surface area contributed by atoms with Crippen molar-refractivity contribution < 1.29 is 14.3 Å². The summed E-state index contributed by atoms with van der Waals surface area (Å²) < 4.78 is 5.78. The van der Waals surface area contributed by atoms with Crippen molar-refractivity contribution in [1.29, 1.82) is 0 Å². The van der Waals surface area contributed by atoms with Crippen LogP contribution in [0.15, 0.2) is 72.8 Å². The molecule has 0 aliphatic carbocycles. The lowest BCUT2D eigenvalue weighted by Crippen LogP contribution is -2.34. The monoisotopic (exact) mass is 493 g/mol. The van der Waals surface area contributed by atoms with Crippen LogP contribution < -0.4 is 5.32 Å². The van der Waals surface area contributed by atoms with Gasteiger partial charge in [-0.1, -0.05) is 66.7 Å². The fraction of sp³-hybridized carbons (Fsp3) is 0.258. The van der Waals surface area contributed by atoms with E-state index >= 15 is 0 Å². The Labute approximate surface area is 217 Å². The number of anilines is 1. The zero-order valence-electron chi connectivity index (χ0n) is 21.5. The van der Waals surface area contributed by atoms with Gasteiger partial charge in [0.15, 0.2) is 6.10 Å². The fourth-order valence-corrected chi connectivity index (χ4v) is 4.97. The van der Waals surface area contributed by atoms with Crippen LogP contribution in [-0.4, -0.2) is 34.4 Å². The highest BCUT2D eigenvalue weighted by Crippen LogP contribution is 2.30. The molecule has 1 amide bonds. The molecule has 1 atom stereocenters. The maximum atomic E-state index is 13.6. The lowest BCUT2D eigenvalue weighted by atomic mass is 9.95. The summed E-state index contributed by atoms with van der Waals surface area (Å²) in [7, 11) is 0. The predicted molar refractivity (Wildman–Crippen MR) is 145 cm³/mol. The van der Waals surface area contributed by atoms with Crippen LogP contribution in [0.3, 0.4) is 0 Å². The Morgan fingerprint density at radius 3 is 2.43 bits per heavy atom. The summed E-state index contributed by atoms with van der Waals surface area (Å²) in [6, 6.07) is 23.8. The van der Waals surface area contributed by atoms with E-state index < -0.39 is 12.1 Å². The number of benzene rings is 3. The van der Waals surface area contributed by atoms with Crippen molar-refractivity contribution in [2.75, 3.05) is 11.9 Å². The van der Waals surface area contributed by atoms with E-state index in [0.29, 0.717) is 12.1 Å². The average molecular weight is 494 g/mol. The molecule has 1 aliphatic rings. The minimum absolute atomic E-state index is 0.358. The van der Waals surface area contributed by atoms with Gasteiger partial charge in [-0.25, -0.2) is 4.79 Å². The highest BCUT2D eigenvalue weighted by atomic mass is 16.5. The van der Waals surface area contributed by atoms with Crippen LogP contribution in [0, 0.1) is 13.8 Å². The number of aromatic nitrogens is 1. The molecule has 6 heteroatoms. The van der Waals surface area contributed by atoms with Crippen molar-refractivity contribution in [1.82, 2.24) is 9.88 Å². The summed E-state index contributed by atoms with van der Waals surface area (Å²) in [6.45, 7) is 7.73. The summed E-state index contributed by atoms with van der Waals surface area (Å²) in [5.74, 6) is -0.857. The number of nitrogens with one attached hydrogen (secondary N) is 1. The smallest absolute Gasteiger partial charge is 0.339 e. The van der Waals surface area contributed by atoms with Gasteiger partial charge in [0.05, 0.1) is 11.1 Å². The van der Waals surface area contributed by atoms with Crippen molar-refractivity contribution >= 4 is 28.5 Å². The van der Waals surface area contributed by atoms with E-state index in [-0.39, 0.29) is 5.91 Å². The van der Waals surface area contributed by atoms with Gasteiger partial charge in [0.2, 0.25) is 0 Å². The zero-order chi connectivity index (χ0) is 25.9. The third-order valence-corrected chi connectivity index (χ3v) is 6.96. The average Bonchev–Trinajstić information content (AvgIpc) is 2.90. The van der Waals surface area contributed by atoms with Crippen LogP contribution >= 0.6 is 0 Å². The van der Waals surface area contributed by atoms with Gasteiger partial charge in [-0.3, -0.25) is 14.7 Å². The van der Waals surface area contributed by atoms with Crippen LogP contribution in [0.5, 0.6) is 0 Å². The van der Waals surface area contributed by atoms with Crippen molar-refractivity contribution in [2.45, 2.75) is 46.4 Å². The molecule has 6 nitrogen and oxygen atoms in total. The number of ether oxygens (including phenoxy) is 1. The molecule has 5 rings (SSSR count). The number of aryl methyl sites for hydroxylation is 2. The van der Waals surface area contributed by atoms with E-state index in [9.17, 15) is 9.59 Å². The van der Waals surface area contributed by atoms with Crippen LogP contribution in [-0.2, 0) is 29.0 Å². The molecule has 0 saturated heterocycles. The van der Waals surface area contributed by atoms with E-state index in [0.717, 1.165) is 58.5 Å². The number of fused-ring (bicyclic) bond motifs is 2. The quantitative estimate of drug-likeness (QED) is 0.354. The van der Waals surface area contributed by atoms with Crippen molar-refractivity contribution in [3.05, 3.63) is 106 Å². The van der Waals surface area contributed by atoms with Gasteiger partial charge in [0.1, 0.15) is 0 Å². The fourth-order valence-electron chi connectivity index (χ4n) is 4.97. The minimum Gasteiger partial charge on any atom is -0.449 e. The molecule has 1 aliphatic heterocycles. The van der Waals surface area contributed by atoms with E-state index in [2.05, 4.69) is 22.3 Å². The number of rotatable bonds is 6. The van der Waals surface area contributed by atoms with Gasteiger partial charge in [-0.15, -0.1) is 0 Å². The molecule has 1 N–H and O–H groups in total. The summed E-state index contributed by atoms with van der Waals surface area (Å²) in [4.78, 5) is 33.8. The number of hydrogen-bond donors (Lipinski definition) is 1. The maximum Gasteiger partial charge on any atom is 0.339 e. The summed E-state index contributed by atoms with van der Waals surface area (Å²) in [5.41, 5.74) is 6.96. The Bertz CT molecular complexity index is 1450. The molecule has 1 aromatic heterocycles. The normalized spacial score (nSPS) is 14.1. The third-order valence-electron chi connectivity index (χ3n) is 6.96. The molecule has 188 valence electrons. The second-order valence-electron chi connectivity index (χ2n) is 9.68. The largest absolute Gasteiger partial charge is 0.449 e. The summed E-state index contributed by atoms with van der Waals surface area (Å²) >= 11 is 0. The van der Waals surface area contributed by atoms with Crippen molar-refractivity contribution in [3.63, 3.8) is 0 Å². The number of carbonyl (C=O) groups is 2. The molecule has 1 unspecified atom stereocenters. The first-order valence-corrected chi connectivity index (χ1v) is 12.7. The van der Waals surface area contributed by atoms with Crippen LogP contribution in [0.1, 0.15) is 45.2 Å². The lowest BCUT2D eigenvalue weighted by molar-refractivity contribution is -0.123. The lowest BCUT2D eigenvalue weighted by Gasteiger charge is -2.30. The second kappa shape index (κ2) is 10.5. The van der Waals surface area contributed by atoms with E-state index in [1.165, 1.54) is 5.56 Å². The molecule has 0 bridgehead atoms. The third kappa shape index (κ3) is 5.25. The summed E-state index contributed by atoms with van der Waals surface area (Å²) in [5, 5.41) is 3.68. The number of amides is 1. The van der Waals surface area contributed by atoms with Crippen LogP contribution in [0.4, 0.5) is 5.69 Å².